The molecule has 0 aliphatic heterocycles. The molecule has 0 aliphatic carbocycles. The molecule has 0 unspecified atom stereocenters. The molecule has 0 aliphatic rings. The third kappa shape index (κ3) is 4.21. The van der Waals surface area contributed by atoms with E-state index < -0.39 is 28.2 Å². The number of sulfonamides is 1. The Morgan fingerprint density at radius 1 is 1.36 bits per heavy atom. The first-order chi connectivity index (χ1) is 10.2. The van der Waals surface area contributed by atoms with Gasteiger partial charge in [0.05, 0.1) is 0 Å². The topological polar surface area (TPSA) is 84.1 Å². The van der Waals surface area contributed by atoms with E-state index in [1.807, 2.05) is 0 Å². The fourth-order valence-corrected chi connectivity index (χ4v) is 2.87. The SMILES string of the molecule is C[C@H](NS(=O)(=O)c1ncc[nH]1)c1cccc(OC(F)(F)F)c1. The van der Waals surface area contributed by atoms with Gasteiger partial charge in [0, 0.05) is 18.4 Å². The van der Waals surface area contributed by atoms with Crippen LogP contribution in [0, 0.1) is 0 Å². The van der Waals surface area contributed by atoms with Gasteiger partial charge in [-0.15, -0.1) is 13.2 Å². The Morgan fingerprint density at radius 2 is 2.09 bits per heavy atom. The summed E-state index contributed by atoms with van der Waals surface area (Å²) in [7, 11) is -3.89. The first-order valence-electron chi connectivity index (χ1n) is 6.05. The van der Waals surface area contributed by atoms with Gasteiger partial charge in [-0.3, -0.25) is 0 Å². The van der Waals surface area contributed by atoms with E-state index in [0.717, 1.165) is 12.1 Å². The Morgan fingerprint density at radius 3 is 2.68 bits per heavy atom. The van der Waals surface area contributed by atoms with Gasteiger partial charge in [0.1, 0.15) is 5.75 Å². The van der Waals surface area contributed by atoms with Crippen molar-refractivity contribution in [3.8, 4) is 5.75 Å². The van der Waals surface area contributed by atoms with Gasteiger partial charge in [-0.2, -0.15) is 0 Å². The zero-order valence-electron chi connectivity index (χ0n) is 11.3. The summed E-state index contributed by atoms with van der Waals surface area (Å²) < 4.78 is 66.6. The standard InChI is InChI=1S/C12H12F3N3O3S/c1-8(18-22(19,20)11-16-5-6-17-11)9-3-2-4-10(7-9)21-12(13,14)15/h2-8,18H,1H3,(H,16,17)/t8-/m0/s1. The normalized spacial score (nSPS) is 13.8. The van der Waals surface area contributed by atoms with Crippen molar-refractivity contribution < 1.29 is 26.3 Å². The molecule has 0 spiro atoms. The predicted molar refractivity (Wildman–Crippen MR) is 70.4 cm³/mol. The lowest BCUT2D eigenvalue weighted by Gasteiger charge is -2.15. The van der Waals surface area contributed by atoms with Crippen molar-refractivity contribution >= 4 is 10.0 Å². The average molecular weight is 335 g/mol. The van der Waals surface area contributed by atoms with Gasteiger partial charge < -0.3 is 9.72 Å². The largest absolute Gasteiger partial charge is 0.573 e. The van der Waals surface area contributed by atoms with E-state index in [1.54, 1.807) is 0 Å². The van der Waals surface area contributed by atoms with E-state index in [2.05, 4.69) is 19.4 Å². The van der Waals surface area contributed by atoms with Gasteiger partial charge >= 0.3 is 6.36 Å². The van der Waals surface area contributed by atoms with Gasteiger partial charge in [-0.1, -0.05) is 12.1 Å². The number of nitrogens with zero attached hydrogens (tertiary/aromatic N) is 1. The van der Waals surface area contributed by atoms with Crippen molar-refractivity contribution in [1.29, 1.82) is 0 Å². The van der Waals surface area contributed by atoms with E-state index in [4.69, 9.17) is 0 Å². The summed E-state index contributed by atoms with van der Waals surface area (Å²) in [6.45, 7) is 1.49. The maximum atomic E-state index is 12.2. The lowest BCUT2D eigenvalue weighted by Crippen LogP contribution is -2.27. The average Bonchev–Trinajstić information content (AvgIpc) is 2.91. The number of aromatic amines is 1. The van der Waals surface area contributed by atoms with Crippen molar-refractivity contribution in [3.05, 3.63) is 42.2 Å². The van der Waals surface area contributed by atoms with E-state index in [-0.39, 0.29) is 5.16 Å². The number of H-pyrrole nitrogens is 1. The maximum absolute atomic E-state index is 12.2. The molecule has 0 fully saturated rings. The monoisotopic (exact) mass is 335 g/mol. The Labute approximate surface area is 124 Å². The molecule has 1 atom stereocenters. The van der Waals surface area contributed by atoms with E-state index in [0.29, 0.717) is 5.56 Å². The summed E-state index contributed by atoms with van der Waals surface area (Å²) in [4.78, 5) is 6.06. The zero-order chi connectivity index (χ0) is 16.4. The van der Waals surface area contributed by atoms with E-state index >= 15 is 0 Å². The van der Waals surface area contributed by atoms with E-state index in [9.17, 15) is 21.6 Å². The molecule has 0 saturated carbocycles. The third-order valence-electron chi connectivity index (χ3n) is 2.65. The van der Waals surface area contributed by atoms with Crippen molar-refractivity contribution in [2.75, 3.05) is 0 Å². The highest BCUT2D eigenvalue weighted by molar-refractivity contribution is 7.89. The molecule has 0 amide bonds. The Balaban J connectivity index is 2.16. The molecule has 120 valence electrons. The molecule has 10 heteroatoms. The first kappa shape index (κ1) is 16.3. The molecule has 22 heavy (non-hydrogen) atoms. The minimum Gasteiger partial charge on any atom is -0.406 e. The molecule has 1 aromatic heterocycles. The highest BCUT2D eigenvalue weighted by Crippen LogP contribution is 2.25. The number of aromatic nitrogens is 2. The second-order valence-electron chi connectivity index (χ2n) is 4.36. The summed E-state index contributed by atoms with van der Waals surface area (Å²) in [5.41, 5.74) is 0.317. The number of imidazole rings is 1. The van der Waals surface area contributed by atoms with Crippen LogP contribution >= 0.6 is 0 Å². The number of hydrogen-bond acceptors (Lipinski definition) is 4. The predicted octanol–water partition coefficient (Wildman–Crippen LogP) is 2.35. The zero-order valence-corrected chi connectivity index (χ0v) is 12.1. The first-order valence-corrected chi connectivity index (χ1v) is 7.53. The fraction of sp³-hybridized carbons (Fsp3) is 0.250. The fourth-order valence-electron chi connectivity index (χ4n) is 1.74. The molecule has 2 N–H and O–H groups in total. The van der Waals surface area contributed by atoms with Crippen LogP contribution in [-0.2, 0) is 10.0 Å². The number of hydrogen-bond donors (Lipinski definition) is 2. The molecular formula is C12H12F3N3O3S. The van der Waals surface area contributed by atoms with Crippen LogP contribution < -0.4 is 9.46 Å². The number of nitrogens with one attached hydrogen (secondary N) is 2. The summed E-state index contributed by atoms with van der Waals surface area (Å²) in [5, 5.41) is -0.276. The summed E-state index contributed by atoms with van der Waals surface area (Å²) in [6, 6.07) is 4.30. The van der Waals surface area contributed by atoms with Crippen LogP contribution in [-0.4, -0.2) is 24.7 Å². The van der Waals surface area contributed by atoms with Crippen molar-refractivity contribution in [2.45, 2.75) is 24.5 Å². The van der Waals surface area contributed by atoms with Crippen molar-refractivity contribution in [3.63, 3.8) is 0 Å². The molecule has 6 nitrogen and oxygen atoms in total. The highest BCUT2D eigenvalue weighted by Gasteiger charge is 2.31. The molecular weight excluding hydrogens is 323 g/mol. The van der Waals surface area contributed by atoms with Crippen molar-refractivity contribution in [1.82, 2.24) is 14.7 Å². The quantitative estimate of drug-likeness (QED) is 0.878. The molecule has 1 aromatic carbocycles. The van der Waals surface area contributed by atoms with Crippen LogP contribution in [0.3, 0.4) is 0 Å². The number of benzene rings is 1. The van der Waals surface area contributed by atoms with Crippen LogP contribution in [0.15, 0.2) is 41.8 Å². The second kappa shape index (κ2) is 5.97. The van der Waals surface area contributed by atoms with Crippen LogP contribution in [0.25, 0.3) is 0 Å². The minimum atomic E-state index is -4.81. The van der Waals surface area contributed by atoms with Crippen LogP contribution in [0.1, 0.15) is 18.5 Å². The van der Waals surface area contributed by atoms with Crippen molar-refractivity contribution in [2.24, 2.45) is 0 Å². The minimum absolute atomic E-state index is 0.276. The summed E-state index contributed by atoms with van der Waals surface area (Å²) in [6.07, 6.45) is -2.19. The molecule has 0 saturated heterocycles. The smallest absolute Gasteiger partial charge is 0.406 e. The Kier molecular flexibility index (Phi) is 4.42. The number of rotatable bonds is 5. The van der Waals surface area contributed by atoms with Gasteiger partial charge in [0.15, 0.2) is 0 Å². The van der Waals surface area contributed by atoms with Crippen LogP contribution in [0.2, 0.25) is 0 Å². The van der Waals surface area contributed by atoms with Crippen LogP contribution in [0.4, 0.5) is 13.2 Å². The highest BCUT2D eigenvalue weighted by atomic mass is 32.2. The lowest BCUT2D eigenvalue weighted by atomic mass is 10.1. The molecule has 0 bridgehead atoms. The maximum Gasteiger partial charge on any atom is 0.573 e. The van der Waals surface area contributed by atoms with E-state index in [1.165, 1.54) is 31.5 Å². The third-order valence-corrected chi connectivity index (χ3v) is 4.05. The van der Waals surface area contributed by atoms with Crippen LogP contribution in [0.5, 0.6) is 5.75 Å². The number of halogens is 3. The van der Waals surface area contributed by atoms with Gasteiger partial charge in [-0.25, -0.2) is 18.1 Å². The molecule has 0 radical (unpaired) electrons. The number of ether oxygens (including phenoxy) is 1. The lowest BCUT2D eigenvalue weighted by molar-refractivity contribution is -0.274. The van der Waals surface area contributed by atoms with Gasteiger partial charge in [0.25, 0.3) is 10.0 Å². The summed E-state index contributed by atoms with van der Waals surface area (Å²) >= 11 is 0. The summed E-state index contributed by atoms with van der Waals surface area (Å²) in [5.74, 6) is -0.422. The van der Waals surface area contributed by atoms with Gasteiger partial charge in [0.2, 0.25) is 5.16 Å². The molecule has 1 heterocycles. The Bertz CT molecular complexity index is 730. The Hall–Kier alpha value is -2.07. The molecule has 2 aromatic rings. The number of alkyl halides is 3. The second-order valence-corrected chi connectivity index (χ2v) is 5.99. The molecule has 2 rings (SSSR count). The van der Waals surface area contributed by atoms with Gasteiger partial charge in [-0.05, 0) is 24.6 Å².